The first-order valence-corrected chi connectivity index (χ1v) is 8.90. The first-order valence-electron chi connectivity index (χ1n) is 8.52. The SMILES string of the molecule is Cc1nonc1-c1c(O)c2cc(-c3ccc(N(C)C)cc3)c(Cl)cc2[nH]c1=O. The molecule has 0 unspecified atom stereocenters. The number of H-pyrrole nitrogens is 1. The first-order chi connectivity index (χ1) is 13.4. The lowest BCUT2D eigenvalue weighted by Gasteiger charge is -2.14. The highest BCUT2D eigenvalue weighted by Gasteiger charge is 2.21. The van der Waals surface area contributed by atoms with Crippen LogP contribution in [0.3, 0.4) is 0 Å². The minimum absolute atomic E-state index is 0.0162. The lowest BCUT2D eigenvalue weighted by molar-refractivity contribution is 0.305. The number of nitrogens with one attached hydrogen (secondary N) is 1. The molecule has 8 heteroatoms. The summed E-state index contributed by atoms with van der Waals surface area (Å²) in [4.78, 5) is 17.2. The maximum atomic E-state index is 12.5. The van der Waals surface area contributed by atoms with Gasteiger partial charge in [-0.05, 0) is 41.9 Å². The van der Waals surface area contributed by atoms with Gasteiger partial charge in [-0.3, -0.25) is 4.79 Å². The number of halogens is 1. The average Bonchev–Trinajstić information content (AvgIpc) is 3.07. The zero-order valence-electron chi connectivity index (χ0n) is 15.4. The largest absolute Gasteiger partial charge is 0.506 e. The number of aromatic nitrogens is 3. The molecule has 0 saturated carbocycles. The topological polar surface area (TPSA) is 95.2 Å². The van der Waals surface area contributed by atoms with E-state index in [2.05, 4.69) is 19.9 Å². The Balaban J connectivity index is 1.94. The molecule has 0 radical (unpaired) electrons. The summed E-state index contributed by atoms with van der Waals surface area (Å²) in [6.07, 6.45) is 0. The summed E-state index contributed by atoms with van der Waals surface area (Å²) in [6, 6.07) is 11.3. The highest BCUT2D eigenvalue weighted by atomic mass is 35.5. The van der Waals surface area contributed by atoms with E-state index < -0.39 is 5.56 Å². The Morgan fingerprint density at radius 3 is 2.46 bits per heavy atom. The molecule has 28 heavy (non-hydrogen) atoms. The van der Waals surface area contributed by atoms with E-state index in [1.54, 1.807) is 19.1 Å². The molecule has 4 rings (SSSR count). The quantitative estimate of drug-likeness (QED) is 0.544. The minimum Gasteiger partial charge on any atom is -0.506 e. The third kappa shape index (κ3) is 2.90. The van der Waals surface area contributed by atoms with Crippen molar-refractivity contribution in [3.8, 4) is 28.1 Å². The molecule has 0 aliphatic heterocycles. The minimum atomic E-state index is -0.497. The molecule has 142 valence electrons. The standard InChI is InChI=1S/C20H17ClN4O3/c1-10-18(24-28-23-10)17-19(26)14-8-13(15(21)9-16(14)22-20(17)27)11-4-6-12(7-5-11)25(2)3/h4-9H,1-3H3,(H2,22,26,27). The molecule has 2 N–H and O–H groups in total. The second-order valence-corrected chi connectivity index (χ2v) is 7.10. The molecule has 0 amide bonds. The van der Waals surface area contributed by atoms with Crippen molar-refractivity contribution in [1.29, 1.82) is 0 Å². The van der Waals surface area contributed by atoms with Crippen LogP contribution < -0.4 is 10.5 Å². The van der Waals surface area contributed by atoms with Gasteiger partial charge >= 0.3 is 0 Å². The van der Waals surface area contributed by atoms with Gasteiger partial charge in [0.15, 0.2) is 0 Å². The number of nitrogens with zero attached hydrogens (tertiary/aromatic N) is 3. The summed E-state index contributed by atoms with van der Waals surface area (Å²) < 4.78 is 4.68. The number of hydrogen-bond acceptors (Lipinski definition) is 6. The summed E-state index contributed by atoms with van der Waals surface area (Å²) in [6.45, 7) is 1.65. The van der Waals surface area contributed by atoms with Crippen molar-refractivity contribution in [2.45, 2.75) is 6.92 Å². The monoisotopic (exact) mass is 396 g/mol. The fourth-order valence-corrected chi connectivity index (χ4v) is 3.41. The smallest absolute Gasteiger partial charge is 0.261 e. The Hall–Kier alpha value is -3.32. The normalized spacial score (nSPS) is 11.1. The molecule has 0 aliphatic rings. The van der Waals surface area contributed by atoms with Crippen LogP contribution >= 0.6 is 11.6 Å². The number of anilines is 1. The summed E-state index contributed by atoms with van der Waals surface area (Å²) in [5, 5.41) is 19.2. The molecular formula is C20H17ClN4O3. The van der Waals surface area contributed by atoms with Crippen molar-refractivity contribution in [3.63, 3.8) is 0 Å². The predicted molar refractivity (Wildman–Crippen MR) is 109 cm³/mol. The Labute approximate surface area is 165 Å². The lowest BCUT2D eigenvalue weighted by Crippen LogP contribution is -2.10. The van der Waals surface area contributed by atoms with Crippen molar-refractivity contribution < 1.29 is 9.74 Å². The third-order valence-electron chi connectivity index (χ3n) is 4.66. The zero-order valence-corrected chi connectivity index (χ0v) is 16.2. The molecule has 0 atom stereocenters. The van der Waals surface area contributed by atoms with E-state index in [9.17, 15) is 9.90 Å². The maximum absolute atomic E-state index is 12.5. The number of aryl methyl sites for hydroxylation is 1. The summed E-state index contributed by atoms with van der Waals surface area (Å²) >= 11 is 6.46. The highest BCUT2D eigenvalue weighted by molar-refractivity contribution is 6.34. The third-order valence-corrected chi connectivity index (χ3v) is 4.97. The van der Waals surface area contributed by atoms with Gasteiger partial charge in [-0.15, -0.1) is 0 Å². The molecule has 2 aromatic heterocycles. The van der Waals surface area contributed by atoms with Gasteiger partial charge in [0.05, 0.1) is 10.5 Å². The number of pyridine rings is 1. The zero-order chi connectivity index (χ0) is 20.0. The van der Waals surface area contributed by atoms with Gasteiger partial charge in [-0.1, -0.05) is 28.9 Å². The van der Waals surface area contributed by atoms with E-state index in [4.69, 9.17) is 11.6 Å². The van der Waals surface area contributed by atoms with Gasteiger partial charge in [0.1, 0.15) is 22.7 Å². The number of rotatable bonds is 3. The molecule has 0 spiro atoms. The fraction of sp³-hybridized carbons (Fsp3) is 0.150. The van der Waals surface area contributed by atoms with Crippen LogP contribution in [0, 0.1) is 6.92 Å². The predicted octanol–water partition coefficient (Wildman–Crippen LogP) is 3.98. The maximum Gasteiger partial charge on any atom is 0.261 e. The van der Waals surface area contributed by atoms with Gasteiger partial charge in [0, 0.05) is 30.7 Å². The van der Waals surface area contributed by atoms with Crippen LogP contribution in [0.5, 0.6) is 5.75 Å². The Morgan fingerprint density at radius 2 is 1.86 bits per heavy atom. The van der Waals surface area contributed by atoms with E-state index >= 15 is 0 Å². The van der Waals surface area contributed by atoms with Crippen LogP contribution in [-0.2, 0) is 0 Å². The van der Waals surface area contributed by atoms with Crippen LogP contribution in [-0.4, -0.2) is 34.5 Å². The molecule has 2 aromatic carbocycles. The van der Waals surface area contributed by atoms with Crippen LogP contribution in [0.25, 0.3) is 33.3 Å². The van der Waals surface area contributed by atoms with E-state index in [0.717, 1.165) is 16.8 Å². The lowest BCUT2D eigenvalue weighted by atomic mass is 10.0. The fourth-order valence-electron chi connectivity index (χ4n) is 3.14. The first kappa shape index (κ1) is 18.1. The van der Waals surface area contributed by atoms with E-state index in [1.807, 2.05) is 43.3 Å². The Bertz CT molecular complexity index is 1240. The number of benzene rings is 2. The molecule has 2 heterocycles. The van der Waals surface area contributed by atoms with Crippen molar-refractivity contribution in [3.05, 3.63) is 57.5 Å². The second kappa shape index (κ2) is 6.69. The summed E-state index contributed by atoms with van der Waals surface area (Å²) in [5.41, 5.74) is 3.25. The summed E-state index contributed by atoms with van der Waals surface area (Å²) in [5.74, 6) is -0.194. The molecule has 0 fully saturated rings. The van der Waals surface area contributed by atoms with Gasteiger partial charge in [-0.25, -0.2) is 4.63 Å². The van der Waals surface area contributed by atoms with E-state index in [0.29, 0.717) is 21.6 Å². The highest BCUT2D eigenvalue weighted by Crippen LogP contribution is 2.38. The van der Waals surface area contributed by atoms with Crippen LogP contribution in [0.2, 0.25) is 5.02 Å². The van der Waals surface area contributed by atoms with Crippen LogP contribution in [0.4, 0.5) is 5.69 Å². The van der Waals surface area contributed by atoms with E-state index in [-0.39, 0.29) is 17.0 Å². The van der Waals surface area contributed by atoms with Crippen molar-refractivity contribution >= 4 is 28.2 Å². The van der Waals surface area contributed by atoms with Gasteiger partial charge in [-0.2, -0.15) is 0 Å². The number of aromatic hydroxyl groups is 1. The van der Waals surface area contributed by atoms with E-state index in [1.165, 1.54) is 0 Å². The van der Waals surface area contributed by atoms with Crippen molar-refractivity contribution in [2.24, 2.45) is 0 Å². The van der Waals surface area contributed by atoms with Crippen LogP contribution in [0.1, 0.15) is 5.69 Å². The van der Waals surface area contributed by atoms with Crippen molar-refractivity contribution in [2.75, 3.05) is 19.0 Å². The van der Waals surface area contributed by atoms with Gasteiger partial charge in [0.2, 0.25) is 0 Å². The average molecular weight is 397 g/mol. The Morgan fingerprint density at radius 1 is 1.14 bits per heavy atom. The molecule has 0 bridgehead atoms. The van der Waals surface area contributed by atoms with Crippen molar-refractivity contribution in [1.82, 2.24) is 15.3 Å². The number of aromatic amines is 1. The number of hydrogen-bond donors (Lipinski definition) is 2. The van der Waals surface area contributed by atoms with Gasteiger partial charge < -0.3 is 15.0 Å². The molecule has 0 aliphatic carbocycles. The summed E-state index contributed by atoms with van der Waals surface area (Å²) in [7, 11) is 3.93. The molecule has 7 nitrogen and oxygen atoms in total. The van der Waals surface area contributed by atoms with Crippen LogP contribution in [0.15, 0.2) is 45.8 Å². The molecule has 4 aromatic rings. The Kier molecular flexibility index (Phi) is 4.31. The second-order valence-electron chi connectivity index (χ2n) is 6.69. The number of fused-ring (bicyclic) bond motifs is 1. The molecular weight excluding hydrogens is 380 g/mol. The molecule has 0 saturated heterocycles. The van der Waals surface area contributed by atoms with Gasteiger partial charge in [0.25, 0.3) is 5.56 Å².